The molecule has 6 heteroatoms. The van der Waals surface area contributed by atoms with Crippen LogP contribution in [0.3, 0.4) is 0 Å². The van der Waals surface area contributed by atoms with Gasteiger partial charge in [-0.2, -0.15) is 0 Å². The second kappa shape index (κ2) is 7.91. The van der Waals surface area contributed by atoms with Crippen LogP contribution in [0.25, 0.3) is 0 Å². The van der Waals surface area contributed by atoms with Crippen LogP contribution >= 0.6 is 0 Å². The number of hydrogen-bond acceptors (Lipinski definition) is 2. The molecule has 1 atom stereocenters. The summed E-state index contributed by atoms with van der Waals surface area (Å²) in [6, 6.07) is 15.3. The molecule has 0 aliphatic heterocycles. The fourth-order valence-electron chi connectivity index (χ4n) is 2.62. The highest BCUT2D eigenvalue weighted by molar-refractivity contribution is 5.50. The molecule has 0 heterocycles. The standard InChI is InChI=1S/C20H16F4N2/c21-14-8-4-9-15(22)19(14)25-12-18(13-6-2-1-3-7-13)26-20-16(23)10-5-11-17(20)24/h1-11,18,25-26H,12H2. The molecule has 2 N–H and O–H groups in total. The van der Waals surface area contributed by atoms with Crippen molar-refractivity contribution >= 4 is 11.4 Å². The Balaban J connectivity index is 1.87. The van der Waals surface area contributed by atoms with Gasteiger partial charge in [0, 0.05) is 6.54 Å². The number of halogens is 4. The van der Waals surface area contributed by atoms with Gasteiger partial charge in [0.25, 0.3) is 0 Å². The maximum atomic E-state index is 14.0. The predicted molar refractivity (Wildman–Crippen MR) is 94.0 cm³/mol. The van der Waals surface area contributed by atoms with Gasteiger partial charge in [-0.25, -0.2) is 17.6 Å². The molecule has 0 aliphatic rings. The Hall–Kier alpha value is -3.02. The van der Waals surface area contributed by atoms with E-state index in [9.17, 15) is 17.6 Å². The lowest BCUT2D eigenvalue weighted by atomic mass is 10.1. The lowest BCUT2D eigenvalue weighted by Crippen LogP contribution is -2.22. The Bertz CT molecular complexity index is 844. The molecule has 0 spiro atoms. The Morgan fingerprint density at radius 2 is 1.12 bits per heavy atom. The largest absolute Gasteiger partial charge is 0.378 e. The summed E-state index contributed by atoms with van der Waals surface area (Å²) < 4.78 is 55.6. The van der Waals surface area contributed by atoms with E-state index in [1.165, 1.54) is 12.1 Å². The molecular weight excluding hydrogens is 344 g/mol. The second-order valence-corrected chi connectivity index (χ2v) is 5.68. The van der Waals surface area contributed by atoms with Crippen molar-refractivity contribution in [2.45, 2.75) is 6.04 Å². The van der Waals surface area contributed by atoms with E-state index in [-0.39, 0.29) is 17.9 Å². The van der Waals surface area contributed by atoms with Crippen molar-refractivity contribution in [3.05, 3.63) is 95.6 Å². The van der Waals surface area contributed by atoms with E-state index in [0.29, 0.717) is 5.56 Å². The van der Waals surface area contributed by atoms with E-state index in [0.717, 1.165) is 24.3 Å². The molecule has 134 valence electrons. The highest BCUT2D eigenvalue weighted by Gasteiger charge is 2.18. The van der Waals surface area contributed by atoms with E-state index in [1.54, 1.807) is 30.3 Å². The SMILES string of the molecule is Fc1cccc(F)c1NCC(Nc1c(F)cccc1F)c1ccccc1. The average molecular weight is 360 g/mol. The number of nitrogens with one attached hydrogen (secondary N) is 2. The van der Waals surface area contributed by atoms with Crippen LogP contribution in [0.5, 0.6) is 0 Å². The first-order chi connectivity index (χ1) is 12.6. The van der Waals surface area contributed by atoms with Crippen LogP contribution < -0.4 is 10.6 Å². The highest BCUT2D eigenvalue weighted by atomic mass is 19.1. The van der Waals surface area contributed by atoms with E-state index >= 15 is 0 Å². The summed E-state index contributed by atoms with van der Waals surface area (Å²) in [5.41, 5.74) is 0.126. The van der Waals surface area contributed by atoms with Crippen LogP contribution in [0.15, 0.2) is 66.7 Å². The number of rotatable bonds is 6. The minimum absolute atomic E-state index is 0.00956. The first-order valence-corrected chi connectivity index (χ1v) is 7.99. The Morgan fingerprint density at radius 3 is 1.65 bits per heavy atom. The van der Waals surface area contributed by atoms with Gasteiger partial charge in [-0.1, -0.05) is 42.5 Å². The topological polar surface area (TPSA) is 24.1 Å². The fraction of sp³-hybridized carbons (Fsp3) is 0.100. The van der Waals surface area contributed by atoms with Gasteiger partial charge >= 0.3 is 0 Å². The van der Waals surface area contributed by atoms with Gasteiger partial charge in [-0.05, 0) is 29.8 Å². The van der Waals surface area contributed by atoms with Gasteiger partial charge in [-0.15, -0.1) is 0 Å². The Kier molecular flexibility index (Phi) is 5.41. The zero-order valence-corrected chi connectivity index (χ0v) is 13.6. The van der Waals surface area contributed by atoms with Gasteiger partial charge in [0.15, 0.2) is 0 Å². The Morgan fingerprint density at radius 1 is 0.615 bits per heavy atom. The lowest BCUT2D eigenvalue weighted by molar-refractivity contribution is 0.579. The molecule has 3 aromatic rings. The summed E-state index contributed by atoms with van der Waals surface area (Å²) in [4.78, 5) is 0. The second-order valence-electron chi connectivity index (χ2n) is 5.68. The highest BCUT2D eigenvalue weighted by Crippen LogP contribution is 2.26. The Labute approximate surface area is 148 Å². The van der Waals surface area contributed by atoms with Crippen LogP contribution in [-0.4, -0.2) is 6.54 Å². The fourth-order valence-corrected chi connectivity index (χ4v) is 2.62. The normalized spacial score (nSPS) is 11.8. The molecule has 0 fully saturated rings. The maximum Gasteiger partial charge on any atom is 0.149 e. The molecule has 1 unspecified atom stereocenters. The predicted octanol–water partition coefficient (Wildman–Crippen LogP) is 5.51. The summed E-state index contributed by atoms with van der Waals surface area (Å²) in [7, 11) is 0. The third kappa shape index (κ3) is 3.96. The molecule has 3 rings (SSSR count). The van der Waals surface area contributed by atoms with E-state index in [4.69, 9.17) is 0 Å². The van der Waals surface area contributed by atoms with Gasteiger partial charge in [0.1, 0.15) is 34.6 Å². The summed E-state index contributed by atoms with van der Waals surface area (Å²) >= 11 is 0. The van der Waals surface area contributed by atoms with Gasteiger partial charge in [0.2, 0.25) is 0 Å². The van der Waals surface area contributed by atoms with Crippen molar-refractivity contribution in [1.82, 2.24) is 0 Å². The minimum atomic E-state index is -0.747. The lowest BCUT2D eigenvalue weighted by Gasteiger charge is -2.22. The molecule has 0 aromatic heterocycles. The minimum Gasteiger partial charge on any atom is -0.378 e. The molecule has 0 radical (unpaired) electrons. The van der Waals surface area contributed by atoms with Crippen molar-refractivity contribution in [1.29, 1.82) is 0 Å². The van der Waals surface area contributed by atoms with Gasteiger partial charge in [-0.3, -0.25) is 0 Å². The molecule has 2 nitrogen and oxygen atoms in total. The van der Waals surface area contributed by atoms with Crippen LogP contribution in [0.1, 0.15) is 11.6 Å². The van der Waals surface area contributed by atoms with Crippen molar-refractivity contribution in [2.75, 3.05) is 17.2 Å². The van der Waals surface area contributed by atoms with Crippen LogP contribution in [0, 0.1) is 23.3 Å². The number of anilines is 2. The van der Waals surface area contributed by atoms with Crippen molar-refractivity contribution in [3.63, 3.8) is 0 Å². The van der Waals surface area contributed by atoms with E-state index in [2.05, 4.69) is 10.6 Å². The average Bonchev–Trinajstić information content (AvgIpc) is 2.63. The zero-order valence-electron chi connectivity index (χ0n) is 13.6. The molecule has 26 heavy (non-hydrogen) atoms. The molecule has 0 amide bonds. The third-order valence-electron chi connectivity index (χ3n) is 3.93. The smallest absolute Gasteiger partial charge is 0.149 e. The van der Waals surface area contributed by atoms with Gasteiger partial charge < -0.3 is 10.6 Å². The molecule has 3 aromatic carbocycles. The molecule has 0 saturated heterocycles. The first kappa shape index (κ1) is 17.8. The summed E-state index contributed by atoms with van der Waals surface area (Å²) in [5.74, 6) is -2.98. The number of benzene rings is 3. The van der Waals surface area contributed by atoms with E-state index < -0.39 is 29.3 Å². The first-order valence-electron chi connectivity index (χ1n) is 7.99. The summed E-state index contributed by atoms with van der Waals surface area (Å²) in [6.45, 7) is 0.00956. The third-order valence-corrected chi connectivity index (χ3v) is 3.93. The van der Waals surface area contributed by atoms with Crippen LogP contribution in [0.2, 0.25) is 0 Å². The summed E-state index contributed by atoms with van der Waals surface area (Å²) in [6.07, 6.45) is 0. The molecule has 0 aliphatic carbocycles. The molecular formula is C20H16F4N2. The van der Waals surface area contributed by atoms with Crippen molar-refractivity contribution < 1.29 is 17.6 Å². The summed E-state index contributed by atoms with van der Waals surface area (Å²) in [5, 5.41) is 5.47. The molecule has 0 bridgehead atoms. The van der Waals surface area contributed by atoms with Crippen molar-refractivity contribution in [3.8, 4) is 0 Å². The van der Waals surface area contributed by atoms with Crippen molar-refractivity contribution in [2.24, 2.45) is 0 Å². The quantitative estimate of drug-likeness (QED) is 0.567. The zero-order chi connectivity index (χ0) is 18.5. The number of para-hydroxylation sites is 2. The van der Waals surface area contributed by atoms with E-state index in [1.807, 2.05) is 0 Å². The van der Waals surface area contributed by atoms with Crippen LogP contribution in [0.4, 0.5) is 28.9 Å². The number of hydrogen-bond donors (Lipinski definition) is 2. The monoisotopic (exact) mass is 360 g/mol. The maximum absolute atomic E-state index is 14.0. The molecule has 0 saturated carbocycles. The van der Waals surface area contributed by atoms with Crippen LogP contribution in [-0.2, 0) is 0 Å². The van der Waals surface area contributed by atoms with Gasteiger partial charge in [0.05, 0.1) is 6.04 Å².